The van der Waals surface area contributed by atoms with E-state index in [2.05, 4.69) is 23.4 Å². The van der Waals surface area contributed by atoms with Crippen LogP contribution in [0.25, 0.3) is 0 Å². The van der Waals surface area contributed by atoms with Crippen LogP contribution in [0.15, 0.2) is 21.3 Å². The molecule has 0 bridgehead atoms. The maximum atomic E-state index is 5.12. The van der Waals surface area contributed by atoms with Gasteiger partial charge in [-0.15, -0.1) is 23.1 Å². The zero-order valence-corrected chi connectivity index (χ0v) is 7.91. The molecule has 2 N–H and O–H groups in total. The predicted octanol–water partition coefficient (Wildman–Crippen LogP) is 1.96. The van der Waals surface area contributed by atoms with Gasteiger partial charge in [0.15, 0.2) is 0 Å². The lowest BCUT2D eigenvalue weighted by atomic mass is 10.5. The minimum Gasteiger partial charge on any atom is -0.390 e. The molecule has 0 amide bonds. The summed E-state index contributed by atoms with van der Waals surface area (Å²) in [5.41, 5.74) is 5.12. The number of nitrogens with zero attached hydrogens (tertiary/aromatic N) is 1. The first-order valence-corrected chi connectivity index (χ1v) is 5.23. The first kappa shape index (κ1) is 8.62. The molecule has 4 heteroatoms. The third kappa shape index (κ3) is 2.55. The van der Waals surface area contributed by atoms with Gasteiger partial charge in [-0.05, 0) is 18.4 Å². The SMILES string of the molecule is CSc1ccc(CN=CN)s1. The Morgan fingerprint density at radius 3 is 3.09 bits per heavy atom. The van der Waals surface area contributed by atoms with Crippen LogP contribution in [-0.4, -0.2) is 12.6 Å². The molecule has 0 radical (unpaired) electrons. The molecule has 0 spiro atoms. The van der Waals surface area contributed by atoms with Crippen molar-refractivity contribution >= 4 is 29.4 Å². The molecule has 1 aromatic heterocycles. The van der Waals surface area contributed by atoms with Crippen LogP contribution in [0.3, 0.4) is 0 Å². The number of nitrogens with two attached hydrogens (primary N) is 1. The van der Waals surface area contributed by atoms with Gasteiger partial charge in [0.2, 0.25) is 0 Å². The summed E-state index contributed by atoms with van der Waals surface area (Å²) in [5.74, 6) is 0. The number of thioether (sulfide) groups is 1. The quantitative estimate of drug-likeness (QED) is 0.445. The second-order valence-electron chi connectivity index (χ2n) is 1.91. The van der Waals surface area contributed by atoms with Crippen molar-refractivity contribution in [3.8, 4) is 0 Å². The van der Waals surface area contributed by atoms with E-state index in [4.69, 9.17) is 5.73 Å². The summed E-state index contributed by atoms with van der Waals surface area (Å²) in [7, 11) is 0. The number of thiophene rings is 1. The highest BCUT2D eigenvalue weighted by Crippen LogP contribution is 2.25. The summed E-state index contributed by atoms with van der Waals surface area (Å²) in [6.45, 7) is 0.710. The molecule has 1 aromatic rings. The lowest BCUT2D eigenvalue weighted by molar-refractivity contribution is 1.11. The van der Waals surface area contributed by atoms with Gasteiger partial charge in [0, 0.05) is 4.88 Å². The van der Waals surface area contributed by atoms with E-state index in [9.17, 15) is 0 Å². The minimum absolute atomic E-state index is 0.710. The monoisotopic (exact) mass is 186 g/mol. The topological polar surface area (TPSA) is 38.4 Å². The van der Waals surface area contributed by atoms with Crippen LogP contribution < -0.4 is 5.73 Å². The number of rotatable bonds is 3. The summed E-state index contributed by atoms with van der Waals surface area (Å²) < 4.78 is 1.33. The van der Waals surface area contributed by atoms with Crippen LogP contribution in [0.1, 0.15) is 4.88 Å². The van der Waals surface area contributed by atoms with E-state index in [1.54, 1.807) is 23.1 Å². The molecule has 0 aliphatic rings. The molecule has 1 rings (SSSR count). The van der Waals surface area contributed by atoms with Crippen LogP contribution in [0.2, 0.25) is 0 Å². The zero-order valence-electron chi connectivity index (χ0n) is 6.28. The maximum absolute atomic E-state index is 5.12. The van der Waals surface area contributed by atoms with E-state index < -0.39 is 0 Å². The summed E-state index contributed by atoms with van der Waals surface area (Å²) in [6.07, 6.45) is 3.42. The fraction of sp³-hybridized carbons (Fsp3) is 0.286. The van der Waals surface area contributed by atoms with Crippen molar-refractivity contribution < 1.29 is 0 Å². The fourth-order valence-electron chi connectivity index (χ4n) is 0.696. The molecular weight excluding hydrogens is 176 g/mol. The molecule has 0 fully saturated rings. The van der Waals surface area contributed by atoms with Crippen molar-refractivity contribution in [3.05, 3.63) is 17.0 Å². The van der Waals surface area contributed by atoms with Crippen LogP contribution >= 0.6 is 23.1 Å². The van der Waals surface area contributed by atoms with E-state index in [0.717, 1.165) is 0 Å². The van der Waals surface area contributed by atoms with Crippen LogP contribution in [-0.2, 0) is 6.54 Å². The highest BCUT2D eigenvalue weighted by Gasteiger charge is 1.95. The first-order chi connectivity index (χ1) is 5.36. The Balaban J connectivity index is 2.58. The van der Waals surface area contributed by atoms with Gasteiger partial charge in [-0.1, -0.05) is 0 Å². The van der Waals surface area contributed by atoms with Crippen LogP contribution in [0.4, 0.5) is 0 Å². The van der Waals surface area contributed by atoms with Crippen molar-refractivity contribution in [1.29, 1.82) is 0 Å². The normalized spacial score (nSPS) is 11.0. The number of aliphatic imine (C=N–C) groups is 1. The lowest BCUT2D eigenvalue weighted by Gasteiger charge is -1.86. The predicted molar refractivity (Wildman–Crippen MR) is 52.5 cm³/mol. The third-order valence-corrected chi connectivity index (χ3v) is 3.34. The van der Waals surface area contributed by atoms with Crippen LogP contribution in [0, 0.1) is 0 Å². The second-order valence-corrected chi connectivity index (χ2v) is 4.19. The second kappa shape index (κ2) is 4.41. The fourth-order valence-corrected chi connectivity index (χ4v) is 2.22. The molecule has 0 unspecified atom stereocenters. The van der Waals surface area contributed by atoms with Crippen molar-refractivity contribution in [3.63, 3.8) is 0 Å². The van der Waals surface area contributed by atoms with Gasteiger partial charge in [-0.3, -0.25) is 4.99 Å². The van der Waals surface area contributed by atoms with E-state index in [1.165, 1.54) is 15.4 Å². The van der Waals surface area contributed by atoms with E-state index in [0.29, 0.717) is 6.54 Å². The Kier molecular flexibility index (Phi) is 3.45. The molecule has 0 aliphatic heterocycles. The van der Waals surface area contributed by atoms with Gasteiger partial charge < -0.3 is 5.73 Å². The average Bonchev–Trinajstić information content (AvgIpc) is 2.48. The molecule has 0 saturated carbocycles. The van der Waals surface area contributed by atoms with Crippen molar-refractivity contribution in [1.82, 2.24) is 0 Å². The zero-order chi connectivity index (χ0) is 8.10. The van der Waals surface area contributed by atoms with Crippen molar-refractivity contribution in [2.75, 3.05) is 6.26 Å². The third-order valence-electron chi connectivity index (χ3n) is 1.19. The van der Waals surface area contributed by atoms with Gasteiger partial charge in [-0.2, -0.15) is 0 Å². The maximum Gasteiger partial charge on any atom is 0.0802 e. The van der Waals surface area contributed by atoms with Gasteiger partial charge >= 0.3 is 0 Å². The first-order valence-electron chi connectivity index (χ1n) is 3.19. The van der Waals surface area contributed by atoms with E-state index >= 15 is 0 Å². The molecule has 2 nitrogen and oxygen atoms in total. The van der Waals surface area contributed by atoms with Crippen molar-refractivity contribution in [2.24, 2.45) is 10.7 Å². The smallest absolute Gasteiger partial charge is 0.0802 e. The standard InChI is InChI=1S/C7H10N2S2/c1-10-7-3-2-6(11-7)4-9-5-8/h2-3,5H,4H2,1H3,(H2,8,9). The van der Waals surface area contributed by atoms with Gasteiger partial charge in [0.05, 0.1) is 17.1 Å². The largest absolute Gasteiger partial charge is 0.390 e. The highest BCUT2D eigenvalue weighted by atomic mass is 32.2. The average molecular weight is 186 g/mol. The van der Waals surface area contributed by atoms with E-state index in [-0.39, 0.29) is 0 Å². The molecule has 0 aromatic carbocycles. The molecule has 60 valence electrons. The summed E-state index contributed by atoms with van der Waals surface area (Å²) in [4.78, 5) is 5.20. The molecule has 0 atom stereocenters. The Morgan fingerprint density at radius 2 is 2.55 bits per heavy atom. The summed E-state index contributed by atoms with van der Waals surface area (Å²) in [5, 5.41) is 0. The Labute approximate surface area is 74.5 Å². The number of hydrogen-bond donors (Lipinski definition) is 1. The van der Waals surface area contributed by atoms with Gasteiger partial charge in [0.25, 0.3) is 0 Å². The molecule has 1 heterocycles. The van der Waals surface area contributed by atoms with Gasteiger partial charge in [-0.25, -0.2) is 0 Å². The highest BCUT2D eigenvalue weighted by molar-refractivity contribution is 8.00. The Bertz CT molecular complexity index is 242. The number of hydrogen-bond acceptors (Lipinski definition) is 3. The van der Waals surface area contributed by atoms with E-state index in [1.807, 2.05) is 0 Å². The lowest BCUT2D eigenvalue weighted by Crippen LogP contribution is -1.88. The van der Waals surface area contributed by atoms with Crippen LogP contribution in [0.5, 0.6) is 0 Å². The summed E-state index contributed by atoms with van der Waals surface area (Å²) >= 11 is 3.52. The van der Waals surface area contributed by atoms with Crippen molar-refractivity contribution in [2.45, 2.75) is 10.8 Å². The molecule has 0 aliphatic carbocycles. The summed E-state index contributed by atoms with van der Waals surface area (Å²) in [6, 6.07) is 4.19. The molecular formula is C7H10N2S2. The van der Waals surface area contributed by atoms with Gasteiger partial charge in [0.1, 0.15) is 0 Å². The Morgan fingerprint density at radius 1 is 1.73 bits per heavy atom. The molecule has 11 heavy (non-hydrogen) atoms. The minimum atomic E-state index is 0.710. The Hall–Kier alpha value is -0.480. The molecule has 0 saturated heterocycles.